The molecule has 1 aromatic rings. The number of hydrogen-bond acceptors (Lipinski definition) is 2. The lowest BCUT2D eigenvalue weighted by atomic mass is 10.0. The Hall–Kier alpha value is -1.84. The molecule has 2 rings (SSSR count). The molecule has 0 aromatic heterocycles. The molecule has 4 heteroatoms. The molecule has 0 saturated carbocycles. The SMILES string of the molecule is CCCC(C)C(=O)N1CCN(C(=O)c2ccccc2)CC1. The van der Waals surface area contributed by atoms with Crippen molar-refractivity contribution in [3.8, 4) is 0 Å². The molecule has 0 N–H and O–H groups in total. The van der Waals surface area contributed by atoms with Gasteiger partial charge < -0.3 is 9.80 Å². The van der Waals surface area contributed by atoms with E-state index < -0.39 is 0 Å². The zero-order chi connectivity index (χ0) is 15.2. The summed E-state index contributed by atoms with van der Waals surface area (Å²) in [7, 11) is 0. The van der Waals surface area contributed by atoms with E-state index in [-0.39, 0.29) is 17.7 Å². The average Bonchev–Trinajstić information content (AvgIpc) is 2.54. The van der Waals surface area contributed by atoms with E-state index in [1.165, 1.54) is 0 Å². The molecule has 1 aromatic carbocycles. The van der Waals surface area contributed by atoms with Gasteiger partial charge in [0.05, 0.1) is 0 Å². The summed E-state index contributed by atoms with van der Waals surface area (Å²) < 4.78 is 0. The summed E-state index contributed by atoms with van der Waals surface area (Å²) in [5.41, 5.74) is 0.719. The molecule has 2 amide bonds. The van der Waals surface area contributed by atoms with Crippen LogP contribution in [0.15, 0.2) is 30.3 Å². The average molecular weight is 288 g/mol. The number of benzene rings is 1. The number of carbonyl (C=O) groups is 2. The summed E-state index contributed by atoms with van der Waals surface area (Å²) >= 11 is 0. The summed E-state index contributed by atoms with van der Waals surface area (Å²) in [4.78, 5) is 28.3. The highest BCUT2D eigenvalue weighted by Crippen LogP contribution is 2.13. The summed E-state index contributed by atoms with van der Waals surface area (Å²) in [5.74, 6) is 0.374. The Morgan fingerprint density at radius 1 is 1.05 bits per heavy atom. The molecular weight excluding hydrogens is 264 g/mol. The van der Waals surface area contributed by atoms with Gasteiger partial charge in [-0.15, -0.1) is 0 Å². The van der Waals surface area contributed by atoms with Gasteiger partial charge in [-0.05, 0) is 18.6 Å². The fourth-order valence-electron chi connectivity index (χ4n) is 2.76. The van der Waals surface area contributed by atoms with Crippen LogP contribution in [-0.2, 0) is 4.79 Å². The predicted molar refractivity (Wildman–Crippen MR) is 83.0 cm³/mol. The lowest BCUT2D eigenvalue weighted by Gasteiger charge is -2.36. The van der Waals surface area contributed by atoms with E-state index in [9.17, 15) is 9.59 Å². The molecule has 1 aliphatic heterocycles. The normalized spacial score (nSPS) is 16.7. The van der Waals surface area contributed by atoms with Crippen LogP contribution < -0.4 is 0 Å². The Kier molecular flexibility index (Phi) is 5.37. The zero-order valence-corrected chi connectivity index (χ0v) is 12.9. The first-order chi connectivity index (χ1) is 10.1. The van der Waals surface area contributed by atoms with Crippen molar-refractivity contribution < 1.29 is 9.59 Å². The second-order valence-electron chi connectivity index (χ2n) is 5.67. The second kappa shape index (κ2) is 7.25. The Labute approximate surface area is 126 Å². The molecule has 1 aliphatic rings. The monoisotopic (exact) mass is 288 g/mol. The number of amides is 2. The second-order valence-corrected chi connectivity index (χ2v) is 5.67. The topological polar surface area (TPSA) is 40.6 Å². The highest BCUT2D eigenvalue weighted by atomic mass is 16.2. The highest BCUT2D eigenvalue weighted by Gasteiger charge is 2.26. The maximum absolute atomic E-state index is 12.3. The van der Waals surface area contributed by atoms with Crippen LogP contribution in [0.25, 0.3) is 0 Å². The van der Waals surface area contributed by atoms with Crippen molar-refractivity contribution >= 4 is 11.8 Å². The van der Waals surface area contributed by atoms with Gasteiger partial charge in [0.15, 0.2) is 0 Å². The summed E-state index contributed by atoms with van der Waals surface area (Å²) in [5, 5.41) is 0. The van der Waals surface area contributed by atoms with Crippen LogP contribution in [0.4, 0.5) is 0 Å². The first kappa shape index (κ1) is 15.5. The van der Waals surface area contributed by atoms with Gasteiger partial charge >= 0.3 is 0 Å². The number of rotatable bonds is 4. The molecule has 21 heavy (non-hydrogen) atoms. The quantitative estimate of drug-likeness (QED) is 0.853. The molecule has 1 saturated heterocycles. The number of piperazine rings is 1. The number of carbonyl (C=O) groups excluding carboxylic acids is 2. The lowest BCUT2D eigenvalue weighted by Crippen LogP contribution is -2.51. The van der Waals surface area contributed by atoms with Crippen LogP contribution in [0, 0.1) is 5.92 Å². The van der Waals surface area contributed by atoms with Gasteiger partial charge in [-0.2, -0.15) is 0 Å². The lowest BCUT2D eigenvalue weighted by molar-refractivity contribution is -0.136. The minimum Gasteiger partial charge on any atom is -0.339 e. The van der Waals surface area contributed by atoms with Crippen molar-refractivity contribution in [2.75, 3.05) is 26.2 Å². The van der Waals surface area contributed by atoms with E-state index in [1.54, 1.807) is 0 Å². The molecule has 1 atom stereocenters. The minimum atomic E-state index is 0.0595. The predicted octanol–water partition coefficient (Wildman–Crippen LogP) is 2.41. The molecule has 1 unspecified atom stereocenters. The van der Waals surface area contributed by atoms with Gasteiger partial charge in [-0.3, -0.25) is 9.59 Å². The van der Waals surface area contributed by atoms with E-state index >= 15 is 0 Å². The third kappa shape index (κ3) is 3.84. The zero-order valence-electron chi connectivity index (χ0n) is 12.9. The third-order valence-corrected chi connectivity index (χ3v) is 4.04. The molecule has 0 bridgehead atoms. The first-order valence-electron chi connectivity index (χ1n) is 7.76. The third-order valence-electron chi connectivity index (χ3n) is 4.04. The molecule has 4 nitrogen and oxygen atoms in total. The first-order valence-corrected chi connectivity index (χ1v) is 7.76. The highest BCUT2D eigenvalue weighted by molar-refractivity contribution is 5.94. The van der Waals surface area contributed by atoms with E-state index in [0.29, 0.717) is 26.2 Å². The van der Waals surface area contributed by atoms with Crippen molar-refractivity contribution in [1.29, 1.82) is 0 Å². The van der Waals surface area contributed by atoms with Gasteiger partial charge in [0.25, 0.3) is 5.91 Å². The molecule has 1 fully saturated rings. The van der Waals surface area contributed by atoms with Crippen molar-refractivity contribution in [2.24, 2.45) is 5.92 Å². The molecule has 1 heterocycles. The molecule has 114 valence electrons. The van der Waals surface area contributed by atoms with Crippen LogP contribution in [0.3, 0.4) is 0 Å². The van der Waals surface area contributed by atoms with Gasteiger partial charge in [0.1, 0.15) is 0 Å². The van der Waals surface area contributed by atoms with Crippen LogP contribution >= 0.6 is 0 Å². The van der Waals surface area contributed by atoms with Crippen molar-refractivity contribution in [3.63, 3.8) is 0 Å². The van der Waals surface area contributed by atoms with Crippen LogP contribution in [-0.4, -0.2) is 47.8 Å². The van der Waals surface area contributed by atoms with E-state index in [0.717, 1.165) is 18.4 Å². The Morgan fingerprint density at radius 3 is 2.19 bits per heavy atom. The smallest absolute Gasteiger partial charge is 0.253 e. The van der Waals surface area contributed by atoms with Crippen molar-refractivity contribution in [3.05, 3.63) is 35.9 Å². The van der Waals surface area contributed by atoms with Gasteiger partial charge in [-0.25, -0.2) is 0 Å². The van der Waals surface area contributed by atoms with Gasteiger partial charge in [0, 0.05) is 37.7 Å². The number of hydrogen-bond donors (Lipinski definition) is 0. The molecular formula is C17H24N2O2. The fraction of sp³-hybridized carbons (Fsp3) is 0.529. The van der Waals surface area contributed by atoms with Crippen LogP contribution in [0.1, 0.15) is 37.0 Å². The maximum atomic E-state index is 12.3. The number of nitrogens with zero attached hydrogens (tertiary/aromatic N) is 2. The van der Waals surface area contributed by atoms with Crippen molar-refractivity contribution in [2.45, 2.75) is 26.7 Å². The maximum Gasteiger partial charge on any atom is 0.253 e. The Bertz CT molecular complexity index is 479. The van der Waals surface area contributed by atoms with Crippen LogP contribution in [0.5, 0.6) is 0 Å². The largest absolute Gasteiger partial charge is 0.339 e. The summed E-state index contributed by atoms with van der Waals surface area (Å²) in [6.45, 7) is 6.63. The van der Waals surface area contributed by atoms with E-state index in [1.807, 2.05) is 47.1 Å². The van der Waals surface area contributed by atoms with Crippen LogP contribution in [0.2, 0.25) is 0 Å². The van der Waals surface area contributed by atoms with Gasteiger partial charge in [-0.1, -0.05) is 38.5 Å². The fourth-order valence-corrected chi connectivity index (χ4v) is 2.76. The summed E-state index contributed by atoms with van der Waals surface area (Å²) in [6, 6.07) is 9.33. The standard InChI is InChI=1S/C17H24N2O2/c1-3-7-14(2)16(20)18-10-12-19(13-11-18)17(21)15-8-5-4-6-9-15/h4-6,8-9,14H,3,7,10-13H2,1-2H3. The van der Waals surface area contributed by atoms with E-state index in [2.05, 4.69) is 6.92 Å². The van der Waals surface area contributed by atoms with E-state index in [4.69, 9.17) is 0 Å². The molecule has 0 aliphatic carbocycles. The minimum absolute atomic E-state index is 0.0595. The summed E-state index contributed by atoms with van der Waals surface area (Å²) in [6.07, 6.45) is 1.96. The van der Waals surface area contributed by atoms with Gasteiger partial charge in [0.2, 0.25) is 5.91 Å². The Morgan fingerprint density at radius 2 is 1.62 bits per heavy atom. The molecule has 0 spiro atoms. The Balaban J connectivity index is 1.89. The van der Waals surface area contributed by atoms with Crippen molar-refractivity contribution in [1.82, 2.24) is 9.80 Å². The molecule has 0 radical (unpaired) electrons.